The second-order valence-electron chi connectivity index (χ2n) is 5.11. The van der Waals surface area contributed by atoms with Crippen molar-refractivity contribution in [3.05, 3.63) is 46.3 Å². The monoisotopic (exact) mass is 333 g/mol. The van der Waals surface area contributed by atoms with Crippen LogP contribution in [0, 0.1) is 0 Å². The Morgan fingerprint density at radius 3 is 2.87 bits per heavy atom. The third-order valence-electron chi connectivity index (χ3n) is 3.49. The number of nitrogens with zero attached hydrogens (tertiary/aromatic N) is 1. The van der Waals surface area contributed by atoms with Gasteiger partial charge in [0, 0.05) is 18.7 Å². The Morgan fingerprint density at radius 2 is 2.17 bits per heavy atom. The van der Waals surface area contributed by atoms with Gasteiger partial charge in [0.2, 0.25) is 5.88 Å². The fourth-order valence-corrected chi connectivity index (χ4v) is 2.90. The molecule has 1 amide bonds. The van der Waals surface area contributed by atoms with Crippen molar-refractivity contribution in [3.63, 3.8) is 0 Å². The highest BCUT2D eigenvalue weighted by Crippen LogP contribution is 2.17. The molecule has 2 rings (SSSR count). The molecule has 0 spiro atoms. The van der Waals surface area contributed by atoms with E-state index >= 15 is 0 Å². The molecule has 2 heterocycles. The average Bonchev–Trinajstić information content (AvgIpc) is 3.12. The van der Waals surface area contributed by atoms with E-state index in [1.165, 1.54) is 11.3 Å². The van der Waals surface area contributed by atoms with E-state index in [4.69, 9.17) is 4.74 Å². The maximum absolute atomic E-state index is 11.8. The SMILES string of the molecule is CCC(NCCCNC(=O)c1cccs1)c1cccc(OC)n1. The normalized spacial score (nSPS) is 11.9. The number of aromatic nitrogens is 1. The highest BCUT2D eigenvalue weighted by atomic mass is 32.1. The molecule has 2 aromatic heterocycles. The molecule has 0 fully saturated rings. The molecule has 2 aromatic rings. The first-order valence-electron chi connectivity index (χ1n) is 7.80. The van der Waals surface area contributed by atoms with Crippen molar-refractivity contribution in [1.29, 1.82) is 0 Å². The first kappa shape index (κ1) is 17.4. The molecular weight excluding hydrogens is 310 g/mol. The Hall–Kier alpha value is -1.92. The molecule has 0 aromatic carbocycles. The molecule has 5 nitrogen and oxygen atoms in total. The standard InChI is InChI=1S/C17H23N3O2S/c1-3-13(14-7-4-9-16(20-14)22-2)18-10-6-11-19-17(21)15-8-5-12-23-15/h4-5,7-9,12-13,18H,3,6,10-11H2,1-2H3,(H,19,21). The van der Waals surface area contributed by atoms with Crippen LogP contribution in [-0.2, 0) is 0 Å². The second-order valence-corrected chi connectivity index (χ2v) is 6.05. The minimum atomic E-state index is 0.00139. The summed E-state index contributed by atoms with van der Waals surface area (Å²) in [4.78, 5) is 17.0. The van der Waals surface area contributed by atoms with E-state index in [0.717, 1.165) is 30.0 Å². The molecule has 2 N–H and O–H groups in total. The molecule has 124 valence electrons. The van der Waals surface area contributed by atoms with Gasteiger partial charge in [0.1, 0.15) is 0 Å². The number of pyridine rings is 1. The molecule has 6 heteroatoms. The summed E-state index contributed by atoms with van der Waals surface area (Å²) in [7, 11) is 1.62. The van der Waals surface area contributed by atoms with Gasteiger partial charge in [-0.1, -0.05) is 19.1 Å². The van der Waals surface area contributed by atoms with Crippen LogP contribution in [0.2, 0.25) is 0 Å². The smallest absolute Gasteiger partial charge is 0.261 e. The van der Waals surface area contributed by atoms with Gasteiger partial charge in [-0.15, -0.1) is 11.3 Å². The van der Waals surface area contributed by atoms with Gasteiger partial charge in [-0.05, 0) is 36.9 Å². The van der Waals surface area contributed by atoms with Crippen molar-refractivity contribution in [2.24, 2.45) is 0 Å². The molecule has 0 aliphatic carbocycles. The quantitative estimate of drug-likeness (QED) is 0.693. The Labute approximate surface area is 141 Å². The topological polar surface area (TPSA) is 63.2 Å². The molecule has 23 heavy (non-hydrogen) atoms. The molecule has 0 bridgehead atoms. The fourth-order valence-electron chi connectivity index (χ4n) is 2.26. The summed E-state index contributed by atoms with van der Waals surface area (Å²) in [5, 5.41) is 8.32. The van der Waals surface area contributed by atoms with Crippen LogP contribution in [0.3, 0.4) is 0 Å². The molecular formula is C17H23N3O2S. The Kier molecular flexibility index (Phi) is 7.03. The van der Waals surface area contributed by atoms with Crippen molar-refractivity contribution in [1.82, 2.24) is 15.6 Å². The lowest BCUT2D eigenvalue weighted by atomic mass is 10.1. The third kappa shape index (κ3) is 5.33. The maximum Gasteiger partial charge on any atom is 0.261 e. The van der Waals surface area contributed by atoms with Gasteiger partial charge in [-0.2, -0.15) is 0 Å². The zero-order chi connectivity index (χ0) is 16.5. The molecule has 0 aliphatic rings. The molecule has 0 aliphatic heterocycles. The van der Waals surface area contributed by atoms with Crippen LogP contribution in [0.4, 0.5) is 0 Å². The van der Waals surface area contributed by atoms with Crippen LogP contribution in [0.5, 0.6) is 5.88 Å². The van der Waals surface area contributed by atoms with Gasteiger partial charge in [-0.3, -0.25) is 4.79 Å². The number of carbonyl (C=O) groups excluding carboxylic acids is 1. The maximum atomic E-state index is 11.8. The first-order valence-corrected chi connectivity index (χ1v) is 8.68. The first-order chi connectivity index (χ1) is 11.2. The number of hydrogen-bond donors (Lipinski definition) is 2. The molecule has 1 atom stereocenters. The summed E-state index contributed by atoms with van der Waals surface area (Å²) in [6.45, 7) is 3.60. The predicted octanol–water partition coefficient (Wildman–Crippen LogP) is 3.01. The number of amides is 1. The van der Waals surface area contributed by atoms with Gasteiger partial charge in [0.05, 0.1) is 17.7 Å². The number of carbonyl (C=O) groups is 1. The highest BCUT2D eigenvalue weighted by Gasteiger charge is 2.11. The van der Waals surface area contributed by atoms with E-state index in [1.54, 1.807) is 7.11 Å². The lowest BCUT2D eigenvalue weighted by molar-refractivity contribution is 0.0957. The summed E-state index contributed by atoms with van der Waals surface area (Å²) in [5.41, 5.74) is 0.981. The number of hydrogen-bond acceptors (Lipinski definition) is 5. The van der Waals surface area contributed by atoms with Crippen LogP contribution in [0.15, 0.2) is 35.7 Å². The predicted molar refractivity (Wildman–Crippen MR) is 93.1 cm³/mol. The Morgan fingerprint density at radius 1 is 1.30 bits per heavy atom. The van der Waals surface area contributed by atoms with E-state index < -0.39 is 0 Å². The number of nitrogens with one attached hydrogen (secondary N) is 2. The minimum absolute atomic E-state index is 0.00139. The fraction of sp³-hybridized carbons (Fsp3) is 0.412. The summed E-state index contributed by atoms with van der Waals surface area (Å²) >= 11 is 1.46. The average molecular weight is 333 g/mol. The Balaban J connectivity index is 1.72. The molecule has 1 unspecified atom stereocenters. The molecule has 0 radical (unpaired) electrons. The molecule has 0 saturated heterocycles. The van der Waals surface area contributed by atoms with Crippen molar-refractivity contribution in [2.45, 2.75) is 25.8 Å². The summed E-state index contributed by atoms with van der Waals surface area (Å²) in [5.74, 6) is 0.632. The van der Waals surface area contributed by atoms with Crippen LogP contribution < -0.4 is 15.4 Å². The van der Waals surface area contributed by atoms with Crippen LogP contribution in [0.25, 0.3) is 0 Å². The van der Waals surface area contributed by atoms with E-state index in [0.29, 0.717) is 12.4 Å². The van der Waals surface area contributed by atoms with Gasteiger partial charge < -0.3 is 15.4 Å². The van der Waals surface area contributed by atoms with Crippen molar-refractivity contribution >= 4 is 17.2 Å². The van der Waals surface area contributed by atoms with Crippen molar-refractivity contribution < 1.29 is 9.53 Å². The summed E-state index contributed by atoms with van der Waals surface area (Å²) < 4.78 is 5.17. The third-order valence-corrected chi connectivity index (χ3v) is 4.36. The lowest BCUT2D eigenvalue weighted by Crippen LogP contribution is -2.28. The van der Waals surface area contributed by atoms with Gasteiger partial charge >= 0.3 is 0 Å². The minimum Gasteiger partial charge on any atom is -0.481 e. The van der Waals surface area contributed by atoms with Crippen LogP contribution in [0.1, 0.15) is 41.2 Å². The molecule has 0 saturated carbocycles. The highest BCUT2D eigenvalue weighted by molar-refractivity contribution is 7.12. The second kappa shape index (κ2) is 9.27. The van der Waals surface area contributed by atoms with E-state index in [2.05, 4.69) is 22.5 Å². The van der Waals surface area contributed by atoms with Crippen molar-refractivity contribution in [2.75, 3.05) is 20.2 Å². The summed E-state index contributed by atoms with van der Waals surface area (Å²) in [6.07, 6.45) is 1.82. The van der Waals surface area contributed by atoms with E-state index in [1.807, 2.05) is 35.7 Å². The van der Waals surface area contributed by atoms with Gasteiger partial charge in [0.25, 0.3) is 5.91 Å². The Bertz CT molecular complexity index is 602. The van der Waals surface area contributed by atoms with E-state index in [9.17, 15) is 4.79 Å². The number of methoxy groups -OCH3 is 1. The number of thiophene rings is 1. The van der Waals surface area contributed by atoms with Crippen LogP contribution in [-0.4, -0.2) is 31.1 Å². The zero-order valence-corrected chi connectivity index (χ0v) is 14.4. The largest absolute Gasteiger partial charge is 0.481 e. The lowest BCUT2D eigenvalue weighted by Gasteiger charge is -2.17. The number of ether oxygens (including phenoxy) is 1. The van der Waals surface area contributed by atoms with Crippen LogP contribution >= 0.6 is 11.3 Å². The number of rotatable bonds is 9. The van der Waals surface area contributed by atoms with Crippen molar-refractivity contribution in [3.8, 4) is 5.88 Å². The van der Waals surface area contributed by atoms with Gasteiger partial charge in [0.15, 0.2) is 0 Å². The van der Waals surface area contributed by atoms with E-state index in [-0.39, 0.29) is 11.9 Å². The van der Waals surface area contributed by atoms with Gasteiger partial charge in [-0.25, -0.2) is 4.98 Å². The zero-order valence-electron chi connectivity index (χ0n) is 13.5. The summed E-state index contributed by atoms with van der Waals surface area (Å²) in [6, 6.07) is 9.71.